The van der Waals surface area contributed by atoms with Gasteiger partial charge in [-0.1, -0.05) is 24.3 Å². The minimum absolute atomic E-state index is 0.435. The highest BCUT2D eigenvalue weighted by molar-refractivity contribution is 5.79. The molecule has 0 atom stereocenters. The summed E-state index contributed by atoms with van der Waals surface area (Å²) in [7, 11) is 0. The molecule has 0 aliphatic heterocycles. The van der Waals surface area contributed by atoms with E-state index in [4.69, 9.17) is 5.41 Å². The number of hydrogen-bond donors (Lipinski definition) is 2. The van der Waals surface area contributed by atoms with E-state index in [-0.39, 0.29) is 0 Å². The summed E-state index contributed by atoms with van der Waals surface area (Å²) in [6.45, 7) is 0. The topological polar surface area (TPSA) is 39.6 Å². The normalized spacial score (nSPS) is 11.8. The van der Waals surface area contributed by atoms with E-state index in [1.54, 1.807) is 18.3 Å². The summed E-state index contributed by atoms with van der Waals surface area (Å²) in [5.74, 6) is 0. The van der Waals surface area contributed by atoms with E-state index >= 15 is 0 Å². The number of H-pyrrole nitrogens is 1. The number of fused-ring (bicyclic) bond motifs is 1. The zero-order valence-electron chi connectivity index (χ0n) is 8.57. The summed E-state index contributed by atoms with van der Waals surface area (Å²) in [4.78, 5) is 3.06. The lowest BCUT2D eigenvalue weighted by Crippen LogP contribution is -2.00. The van der Waals surface area contributed by atoms with E-state index in [2.05, 4.69) is 4.98 Å². The molecule has 0 unspecified atom stereocenters. The molecule has 80 valence electrons. The van der Waals surface area contributed by atoms with Gasteiger partial charge in [0.1, 0.15) is 0 Å². The second-order valence-electron chi connectivity index (χ2n) is 3.34. The Balaban J connectivity index is 2.63. The molecule has 0 radical (unpaired) electrons. The third-order valence-electron chi connectivity index (χ3n) is 2.34. The van der Waals surface area contributed by atoms with Crippen molar-refractivity contribution >= 4 is 17.0 Å². The summed E-state index contributed by atoms with van der Waals surface area (Å²) in [6, 6.07) is 7.48. The molecule has 2 N–H and O–H groups in total. The first kappa shape index (κ1) is 10.4. The van der Waals surface area contributed by atoms with E-state index in [9.17, 15) is 4.39 Å². The van der Waals surface area contributed by atoms with Crippen LogP contribution >= 0.6 is 0 Å². The van der Waals surface area contributed by atoms with Gasteiger partial charge in [-0.15, -0.1) is 0 Å². The van der Waals surface area contributed by atoms with Crippen LogP contribution in [0.25, 0.3) is 17.0 Å². The SMILES string of the molecule is N=c1c(/C=C/C=C/F)cccc2[nH]ccc12. The van der Waals surface area contributed by atoms with Gasteiger partial charge in [0.05, 0.1) is 11.7 Å². The highest BCUT2D eigenvalue weighted by Crippen LogP contribution is 2.07. The lowest BCUT2D eigenvalue weighted by molar-refractivity contribution is 0.721. The van der Waals surface area contributed by atoms with Crippen LogP contribution < -0.4 is 5.36 Å². The minimum atomic E-state index is 0.435. The Kier molecular flexibility index (Phi) is 2.96. The van der Waals surface area contributed by atoms with Crippen LogP contribution in [-0.2, 0) is 0 Å². The van der Waals surface area contributed by atoms with Gasteiger partial charge in [-0.2, -0.15) is 0 Å². The average molecular weight is 214 g/mol. The number of allylic oxidation sites excluding steroid dienone is 2. The molecule has 0 aliphatic carbocycles. The van der Waals surface area contributed by atoms with Crippen molar-refractivity contribution in [1.82, 2.24) is 4.98 Å². The van der Waals surface area contributed by atoms with Gasteiger partial charge in [-0.05, 0) is 18.2 Å². The second-order valence-corrected chi connectivity index (χ2v) is 3.34. The van der Waals surface area contributed by atoms with Gasteiger partial charge in [0, 0.05) is 22.7 Å². The minimum Gasteiger partial charge on any atom is -0.361 e. The molecular weight excluding hydrogens is 203 g/mol. The van der Waals surface area contributed by atoms with Crippen LogP contribution in [0, 0.1) is 5.41 Å². The quantitative estimate of drug-likeness (QED) is 0.721. The molecule has 0 saturated heterocycles. The van der Waals surface area contributed by atoms with Crippen LogP contribution in [-0.4, -0.2) is 4.98 Å². The van der Waals surface area contributed by atoms with Crippen LogP contribution in [0.4, 0.5) is 4.39 Å². The van der Waals surface area contributed by atoms with Crippen molar-refractivity contribution in [1.29, 1.82) is 5.41 Å². The van der Waals surface area contributed by atoms with Crippen LogP contribution in [0.15, 0.2) is 48.9 Å². The molecule has 2 rings (SSSR count). The van der Waals surface area contributed by atoms with E-state index in [0.717, 1.165) is 16.5 Å². The van der Waals surface area contributed by atoms with E-state index in [1.165, 1.54) is 6.08 Å². The third-order valence-corrected chi connectivity index (χ3v) is 2.34. The van der Waals surface area contributed by atoms with Crippen LogP contribution in [0.5, 0.6) is 0 Å². The summed E-state index contributed by atoms with van der Waals surface area (Å²) in [6.07, 6.45) is 6.85. The highest BCUT2D eigenvalue weighted by atomic mass is 19.1. The molecule has 0 amide bonds. The summed E-state index contributed by atoms with van der Waals surface area (Å²) >= 11 is 0. The fourth-order valence-electron chi connectivity index (χ4n) is 1.57. The van der Waals surface area contributed by atoms with Crippen molar-refractivity contribution in [3.8, 4) is 0 Å². The molecule has 0 fully saturated rings. The zero-order chi connectivity index (χ0) is 11.4. The van der Waals surface area contributed by atoms with Crippen molar-refractivity contribution in [3.05, 3.63) is 59.9 Å². The van der Waals surface area contributed by atoms with Gasteiger partial charge in [-0.3, -0.25) is 5.41 Å². The van der Waals surface area contributed by atoms with Crippen molar-refractivity contribution < 1.29 is 4.39 Å². The van der Waals surface area contributed by atoms with Gasteiger partial charge in [0.15, 0.2) is 0 Å². The fraction of sp³-hybridized carbons (Fsp3) is 0. The first-order valence-corrected chi connectivity index (χ1v) is 4.91. The van der Waals surface area contributed by atoms with Gasteiger partial charge < -0.3 is 4.98 Å². The molecule has 1 aromatic heterocycles. The molecule has 16 heavy (non-hydrogen) atoms. The van der Waals surface area contributed by atoms with E-state index in [1.807, 2.05) is 24.3 Å². The zero-order valence-corrected chi connectivity index (χ0v) is 8.57. The predicted molar refractivity (Wildman–Crippen MR) is 63.4 cm³/mol. The fourth-order valence-corrected chi connectivity index (χ4v) is 1.57. The standard InChI is InChI=1S/C13H11FN2/c14-8-2-1-4-10-5-3-6-12-11(13(10)15)7-9-16-12/h1-9,15-16H/b4-1+,8-2+,15-13?. The average Bonchev–Trinajstić information content (AvgIpc) is 2.69. The Morgan fingerprint density at radius 1 is 1.19 bits per heavy atom. The van der Waals surface area contributed by atoms with Gasteiger partial charge in [0.25, 0.3) is 0 Å². The Morgan fingerprint density at radius 2 is 2.06 bits per heavy atom. The number of nitrogens with one attached hydrogen (secondary N) is 2. The molecule has 0 aliphatic rings. The van der Waals surface area contributed by atoms with Gasteiger partial charge in [0.2, 0.25) is 0 Å². The maximum atomic E-state index is 11.8. The second kappa shape index (κ2) is 4.57. The molecule has 3 heteroatoms. The van der Waals surface area contributed by atoms with Gasteiger partial charge in [-0.25, -0.2) is 4.39 Å². The Bertz CT molecular complexity index is 609. The van der Waals surface area contributed by atoms with Crippen LogP contribution in [0.3, 0.4) is 0 Å². The molecule has 1 aromatic carbocycles. The van der Waals surface area contributed by atoms with E-state index in [0.29, 0.717) is 11.7 Å². The highest BCUT2D eigenvalue weighted by Gasteiger charge is 1.96. The van der Waals surface area contributed by atoms with Gasteiger partial charge >= 0.3 is 0 Å². The lowest BCUT2D eigenvalue weighted by Gasteiger charge is -1.87. The molecule has 2 nitrogen and oxygen atoms in total. The van der Waals surface area contributed by atoms with Crippen LogP contribution in [0.1, 0.15) is 5.56 Å². The third kappa shape index (κ3) is 1.93. The molecule has 0 saturated carbocycles. The first-order chi connectivity index (χ1) is 7.83. The van der Waals surface area contributed by atoms with E-state index < -0.39 is 0 Å². The summed E-state index contributed by atoms with van der Waals surface area (Å²) < 4.78 is 11.8. The number of aromatic amines is 1. The van der Waals surface area contributed by atoms with Crippen molar-refractivity contribution in [2.45, 2.75) is 0 Å². The molecule has 0 bridgehead atoms. The largest absolute Gasteiger partial charge is 0.361 e. The molecule has 0 spiro atoms. The van der Waals surface area contributed by atoms with Crippen molar-refractivity contribution in [2.75, 3.05) is 0 Å². The Hall–Kier alpha value is -2.16. The number of halogens is 1. The Labute approximate surface area is 92.3 Å². The number of aromatic nitrogens is 1. The number of hydrogen-bond acceptors (Lipinski definition) is 1. The lowest BCUT2D eigenvalue weighted by atomic mass is 10.2. The van der Waals surface area contributed by atoms with Crippen molar-refractivity contribution in [3.63, 3.8) is 0 Å². The molecular formula is C13H11FN2. The maximum absolute atomic E-state index is 11.8. The predicted octanol–water partition coefficient (Wildman–Crippen LogP) is 3.14. The maximum Gasteiger partial charge on any atom is 0.0866 e. The smallest absolute Gasteiger partial charge is 0.0866 e. The molecule has 1 heterocycles. The Morgan fingerprint density at radius 3 is 2.88 bits per heavy atom. The summed E-state index contributed by atoms with van der Waals surface area (Å²) in [5.41, 5.74) is 1.68. The first-order valence-electron chi connectivity index (χ1n) is 4.91. The van der Waals surface area contributed by atoms with Crippen molar-refractivity contribution in [2.24, 2.45) is 0 Å². The molecule has 2 aromatic rings. The summed E-state index contributed by atoms with van der Waals surface area (Å²) in [5, 5.41) is 9.31. The monoisotopic (exact) mass is 214 g/mol. The van der Waals surface area contributed by atoms with Crippen LogP contribution in [0.2, 0.25) is 0 Å². The number of rotatable bonds is 2.